The van der Waals surface area contributed by atoms with Crippen molar-refractivity contribution >= 4 is 17.7 Å². The van der Waals surface area contributed by atoms with Crippen LogP contribution in [0.5, 0.6) is 0 Å². The van der Waals surface area contributed by atoms with Gasteiger partial charge in [-0.25, -0.2) is 0 Å². The molecule has 0 spiro atoms. The second-order valence-corrected chi connectivity index (χ2v) is 7.06. The van der Waals surface area contributed by atoms with Crippen LogP contribution in [0.4, 0.5) is 0 Å². The van der Waals surface area contributed by atoms with Gasteiger partial charge in [0.1, 0.15) is 12.3 Å². The van der Waals surface area contributed by atoms with Crippen LogP contribution in [-0.4, -0.2) is 54.7 Å². The van der Waals surface area contributed by atoms with Gasteiger partial charge in [0.25, 0.3) is 0 Å². The van der Waals surface area contributed by atoms with E-state index in [1.165, 1.54) is 0 Å². The zero-order chi connectivity index (χ0) is 18.0. The lowest BCUT2D eigenvalue weighted by molar-refractivity contribution is -0.143. The average molecular weight is 347 g/mol. The van der Waals surface area contributed by atoms with Crippen LogP contribution in [0.2, 0.25) is 0 Å². The van der Waals surface area contributed by atoms with Gasteiger partial charge in [-0.2, -0.15) is 0 Å². The zero-order valence-electron chi connectivity index (χ0n) is 14.7. The van der Waals surface area contributed by atoms with Gasteiger partial charge in [0.2, 0.25) is 17.7 Å². The number of imide groups is 1. The number of rotatable bonds is 6. The van der Waals surface area contributed by atoms with Crippen LogP contribution < -0.4 is 5.32 Å². The quantitative estimate of drug-likeness (QED) is 0.781. The minimum atomic E-state index is -0.321. The maximum absolute atomic E-state index is 12.4. The van der Waals surface area contributed by atoms with Crippen molar-refractivity contribution in [1.29, 1.82) is 0 Å². The second-order valence-electron chi connectivity index (χ2n) is 7.06. The zero-order valence-corrected chi connectivity index (χ0v) is 14.7. The normalized spacial score (nSPS) is 24.5. The highest BCUT2D eigenvalue weighted by molar-refractivity contribution is 6.07. The van der Waals surface area contributed by atoms with Gasteiger partial charge in [0, 0.05) is 6.54 Å². The number of carbonyl (C=O) groups excluding carboxylic acids is 3. The smallest absolute Gasteiger partial charge is 0.240 e. The molecule has 3 amide bonds. The van der Waals surface area contributed by atoms with Crippen molar-refractivity contribution in [1.82, 2.24) is 15.1 Å². The van der Waals surface area contributed by atoms with Gasteiger partial charge in [-0.1, -0.05) is 12.8 Å². The summed E-state index contributed by atoms with van der Waals surface area (Å²) in [6.45, 7) is 0.158. The Balaban J connectivity index is 1.57. The summed E-state index contributed by atoms with van der Waals surface area (Å²) in [5.41, 5.74) is 0. The van der Waals surface area contributed by atoms with Crippen LogP contribution in [0, 0.1) is 11.8 Å². The molecule has 1 N–H and O–H groups in total. The number of amides is 3. The number of fused-ring (bicyclic) bond motifs is 1. The Hall–Kier alpha value is -2.15. The predicted molar refractivity (Wildman–Crippen MR) is 90.3 cm³/mol. The molecule has 7 nitrogen and oxygen atoms in total. The molecular formula is C18H25N3O4. The van der Waals surface area contributed by atoms with Crippen LogP contribution in [0.3, 0.4) is 0 Å². The van der Waals surface area contributed by atoms with E-state index in [1.54, 1.807) is 12.3 Å². The van der Waals surface area contributed by atoms with Crippen LogP contribution in [0.25, 0.3) is 0 Å². The van der Waals surface area contributed by atoms with Crippen LogP contribution in [-0.2, 0) is 14.4 Å². The third-order valence-corrected chi connectivity index (χ3v) is 5.22. The fourth-order valence-corrected chi connectivity index (χ4v) is 3.82. The first-order valence-corrected chi connectivity index (χ1v) is 8.80. The topological polar surface area (TPSA) is 82.9 Å². The predicted octanol–water partition coefficient (Wildman–Crippen LogP) is 1.17. The van der Waals surface area contributed by atoms with Gasteiger partial charge in [0.15, 0.2) is 0 Å². The standard InChI is InChI=1S/C18H25N3O4/c1-20(2)14(15-8-5-9-25-15)10-19-16(22)11-21-17(23)12-6-3-4-7-13(12)18(21)24/h5,8-9,12-14H,3-4,6-7,10-11H2,1-2H3,(H,19,22)/t12-,13+,14-/m1/s1. The molecule has 1 aromatic heterocycles. The van der Waals surface area contributed by atoms with Gasteiger partial charge in [-0.05, 0) is 39.1 Å². The van der Waals surface area contributed by atoms with Crippen molar-refractivity contribution < 1.29 is 18.8 Å². The Morgan fingerprint density at radius 2 is 1.92 bits per heavy atom. The summed E-state index contributed by atoms with van der Waals surface area (Å²) >= 11 is 0. The lowest BCUT2D eigenvalue weighted by Crippen LogP contribution is -2.43. The van der Waals surface area contributed by atoms with E-state index < -0.39 is 0 Å². The highest BCUT2D eigenvalue weighted by Crippen LogP contribution is 2.37. The molecule has 1 saturated carbocycles. The minimum Gasteiger partial charge on any atom is -0.468 e. The summed E-state index contributed by atoms with van der Waals surface area (Å²) < 4.78 is 5.41. The highest BCUT2D eigenvalue weighted by Gasteiger charge is 2.48. The summed E-state index contributed by atoms with van der Waals surface area (Å²) in [4.78, 5) is 40.2. The molecule has 1 aromatic rings. The van der Waals surface area contributed by atoms with Crippen molar-refractivity contribution in [3.8, 4) is 0 Å². The third-order valence-electron chi connectivity index (χ3n) is 5.22. The van der Waals surface area contributed by atoms with Crippen molar-refractivity contribution in [2.24, 2.45) is 11.8 Å². The molecule has 3 atom stereocenters. The Kier molecular flexibility index (Phi) is 5.22. The average Bonchev–Trinajstić information content (AvgIpc) is 3.19. The van der Waals surface area contributed by atoms with Crippen LogP contribution in [0.1, 0.15) is 37.5 Å². The van der Waals surface area contributed by atoms with E-state index in [0.29, 0.717) is 6.54 Å². The van der Waals surface area contributed by atoms with Crippen LogP contribution >= 0.6 is 0 Å². The lowest BCUT2D eigenvalue weighted by Gasteiger charge is -2.23. The molecule has 0 aromatic carbocycles. The molecule has 0 radical (unpaired) electrons. The van der Waals surface area contributed by atoms with Crippen molar-refractivity contribution in [3.63, 3.8) is 0 Å². The summed E-state index contributed by atoms with van der Waals surface area (Å²) in [7, 11) is 3.80. The molecule has 1 saturated heterocycles. The van der Waals surface area contributed by atoms with Crippen LogP contribution in [0.15, 0.2) is 22.8 Å². The molecule has 1 aliphatic heterocycles. The number of furan rings is 1. The second kappa shape index (κ2) is 7.39. The first-order valence-electron chi connectivity index (χ1n) is 8.80. The fourth-order valence-electron chi connectivity index (χ4n) is 3.82. The Morgan fingerprint density at radius 1 is 1.28 bits per heavy atom. The third kappa shape index (κ3) is 3.61. The molecule has 25 heavy (non-hydrogen) atoms. The molecule has 136 valence electrons. The highest BCUT2D eigenvalue weighted by atomic mass is 16.3. The van der Waals surface area contributed by atoms with Gasteiger partial charge >= 0.3 is 0 Å². The van der Waals surface area contributed by atoms with Gasteiger partial charge < -0.3 is 9.73 Å². The maximum atomic E-state index is 12.4. The van der Waals surface area contributed by atoms with E-state index in [0.717, 1.165) is 36.3 Å². The molecule has 2 aliphatic rings. The summed E-state index contributed by atoms with van der Waals surface area (Å²) in [5.74, 6) is -0.359. The van der Waals surface area contributed by atoms with Crippen molar-refractivity contribution in [3.05, 3.63) is 24.2 Å². The van der Waals surface area contributed by atoms with E-state index in [9.17, 15) is 14.4 Å². The molecule has 1 aliphatic carbocycles. The van der Waals surface area contributed by atoms with E-state index in [1.807, 2.05) is 25.1 Å². The van der Waals surface area contributed by atoms with E-state index in [4.69, 9.17) is 4.42 Å². The molecule has 0 unspecified atom stereocenters. The Labute approximate surface area is 147 Å². The molecule has 2 fully saturated rings. The summed E-state index contributed by atoms with van der Waals surface area (Å²) in [6, 6.07) is 3.55. The SMILES string of the molecule is CN(C)[C@H](CNC(=O)CN1C(=O)[C@H]2CCCC[C@H]2C1=O)c1ccco1. The first-order chi connectivity index (χ1) is 12.0. The van der Waals surface area contributed by atoms with E-state index in [2.05, 4.69) is 5.32 Å². The van der Waals surface area contributed by atoms with E-state index >= 15 is 0 Å². The number of likely N-dealkylation sites (tertiary alicyclic amines) is 1. The number of nitrogens with one attached hydrogen (secondary N) is 1. The number of hydrogen-bond acceptors (Lipinski definition) is 5. The van der Waals surface area contributed by atoms with Gasteiger partial charge in [-0.3, -0.25) is 24.2 Å². The number of carbonyl (C=O) groups is 3. The molecule has 2 heterocycles. The lowest BCUT2D eigenvalue weighted by atomic mass is 9.81. The Bertz CT molecular complexity index is 617. The van der Waals surface area contributed by atoms with Crippen molar-refractivity contribution in [2.45, 2.75) is 31.7 Å². The van der Waals surface area contributed by atoms with E-state index in [-0.39, 0.29) is 42.1 Å². The monoisotopic (exact) mass is 347 g/mol. The maximum Gasteiger partial charge on any atom is 0.240 e. The summed E-state index contributed by atoms with van der Waals surface area (Å²) in [5, 5.41) is 2.81. The van der Waals surface area contributed by atoms with Gasteiger partial charge in [-0.15, -0.1) is 0 Å². The number of hydrogen-bond donors (Lipinski definition) is 1. The summed E-state index contributed by atoms with van der Waals surface area (Å²) in [6.07, 6.45) is 5.07. The first kappa shape index (κ1) is 17.7. The fraction of sp³-hybridized carbons (Fsp3) is 0.611. The number of likely N-dealkylation sites (N-methyl/N-ethyl adjacent to an activating group) is 1. The van der Waals surface area contributed by atoms with Gasteiger partial charge in [0.05, 0.1) is 24.1 Å². The largest absolute Gasteiger partial charge is 0.468 e. The molecule has 0 bridgehead atoms. The van der Waals surface area contributed by atoms with Crippen molar-refractivity contribution in [2.75, 3.05) is 27.2 Å². The molecule has 7 heteroatoms. The minimum absolute atomic E-state index is 0.105. The number of nitrogens with zero attached hydrogens (tertiary/aromatic N) is 2. The molecule has 3 rings (SSSR count). The molecular weight excluding hydrogens is 322 g/mol. The Morgan fingerprint density at radius 3 is 2.44 bits per heavy atom.